The molecule has 2 N–H and O–H groups in total. The first-order valence-electron chi connectivity index (χ1n) is 3.09. The molecule has 0 saturated heterocycles. The Morgan fingerprint density at radius 2 is 2.45 bits per heavy atom. The van der Waals surface area contributed by atoms with Crippen molar-refractivity contribution in [3.05, 3.63) is 24.1 Å². The van der Waals surface area contributed by atoms with Crippen LogP contribution in [0.5, 0.6) is 0 Å². The van der Waals surface area contributed by atoms with E-state index in [9.17, 15) is 0 Å². The maximum Gasteiger partial charge on any atom is 0.142 e. The van der Waals surface area contributed by atoms with E-state index in [1.54, 1.807) is 18.0 Å². The monoisotopic (exact) mass is 166 g/mol. The molecule has 0 aromatic carbocycles. The van der Waals surface area contributed by atoms with Crippen molar-refractivity contribution in [2.24, 2.45) is 0 Å². The van der Waals surface area contributed by atoms with Crippen LogP contribution in [-0.2, 0) is 0 Å². The molecule has 0 aliphatic heterocycles. The SMILES string of the molecule is Nc1ncsc1-c1ccoc1. The van der Waals surface area contributed by atoms with Crippen LogP contribution in [0.25, 0.3) is 10.4 Å². The minimum atomic E-state index is 0.566. The Kier molecular flexibility index (Phi) is 1.40. The van der Waals surface area contributed by atoms with E-state index in [1.807, 2.05) is 6.07 Å². The summed E-state index contributed by atoms with van der Waals surface area (Å²) in [5.41, 5.74) is 8.30. The van der Waals surface area contributed by atoms with Gasteiger partial charge < -0.3 is 10.2 Å². The van der Waals surface area contributed by atoms with Crippen LogP contribution in [0.1, 0.15) is 0 Å². The highest BCUT2D eigenvalue weighted by Crippen LogP contribution is 2.29. The summed E-state index contributed by atoms with van der Waals surface area (Å²) in [4.78, 5) is 4.90. The van der Waals surface area contributed by atoms with Crippen LogP contribution in [0.2, 0.25) is 0 Å². The lowest BCUT2D eigenvalue weighted by Crippen LogP contribution is -1.84. The Hall–Kier alpha value is -1.29. The predicted octanol–water partition coefficient (Wildman–Crippen LogP) is 1.99. The second kappa shape index (κ2) is 2.39. The number of hydrogen-bond donors (Lipinski definition) is 1. The topological polar surface area (TPSA) is 52.0 Å². The van der Waals surface area contributed by atoms with Gasteiger partial charge in [0.05, 0.1) is 22.9 Å². The number of hydrogen-bond acceptors (Lipinski definition) is 4. The predicted molar refractivity (Wildman–Crippen MR) is 44.2 cm³/mol. The minimum absolute atomic E-state index is 0.566. The molecule has 0 saturated carbocycles. The van der Waals surface area contributed by atoms with Gasteiger partial charge in [-0.3, -0.25) is 0 Å². The van der Waals surface area contributed by atoms with Gasteiger partial charge in [-0.25, -0.2) is 4.98 Å². The fraction of sp³-hybridized carbons (Fsp3) is 0. The van der Waals surface area contributed by atoms with Gasteiger partial charge in [-0.05, 0) is 6.07 Å². The van der Waals surface area contributed by atoms with Crippen LogP contribution in [0.15, 0.2) is 28.5 Å². The highest BCUT2D eigenvalue weighted by molar-refractivity contribution is 7.13. The molecule has 0 aliphatic carbocycles. The fourth-order valence-electron chi connectivity index (χ4n) is 0.864. The summed E-state index contributed by atoms with van der Waals surface area (Å²) >= 11 is 1.51. The van der Waals surface area contributed by atoms with Gasteiger partial charge in [0.25, 0.3) is 0 Å². The quantitative estimate of drug-likeness (QED) is 0.704. The summed E-state index contributed by atoms with van der Waals surface area (Å²) in [5, 5.41) is 0. The van der Waals surface area contributed by atoms with Crippen molar-refractivity contribution in [1.29, 1.82) is 0 Å². The van der Waals surface area contributed by atoms with E-state index in [1.165, 1.54) is 11.3 Å². The Bertz CT molecular complexity index is 339. The van der Waals surface area contributed by atoms with Gasteiger partial charge in [-0.1, -0.05) is 0 Å². The first kappa shape index (κ1) is 6.42. The van der Waals surface area contributed by atoms with E-state index in [0.29, 0.717) is 5.82 Å². The molecule has 2 rings (SSSR count). The van der Waals surface area contributed by atoms with Crippen molar-refractivity contribution in [3.8, 4) is 10.4 Å². The van der Waals surface area contributed by atoms with E-state index >= 15 is 0 Å². The third kappa shape index (κ3) is 1.01. The summed E-state index contributed by atoms with van der Waals surface area (Å²) in [6.07, 6.45) is 3.28. The third-order valence-corrected chi connectivity index (χ3v) is 2.27. The number of thiazole rings is 1. The zero-order chi connectivity index (χ0) is 7.68. The van der Waals surface area contributed by atoms with Crippen molar-refractivity contribution in [1.82, 2.24) is 4.98 Å². The molecule has 0 radical (unpaired) electrons. The summed E-state index contributed by atoms with van der Waals surface area (Å²) in [5.74, 6) is 0.566. The second-order valence-electron chi connectivity index (χ2n) is 2.08. The highest BCUT2D eigenvalue weighted by atomic mass is 32.1. The molecule has 0 unspecified atom stereocenters. The first-order chi connectivity index (χ1) is 5.38. The number of nitrogens with zero attached hydrogens (tertiary/aromatic N) is 1. The van der Waals surface area contributed by atoms with Crippen molar-refractivity contribution in [2.45, 2.75) is 0 Å². The Balaban J connectivity index is 2.53. The van der Waals surface area contributed by atoms with Gasteiger partial charge in [0.1, 0.15) is 5.82 Å². The van der Waals surface area contributed by atoms with E-state index in [2.05, 4.69) is 4.98 Å². The largest absolute Gasteiger partial charge is 0.472 e. The van der Waals surface area contributed by atoms with Crippen LogP contribution in [-0.4, -0.2) is 4.98 Å². The Morgan fingerprint density at radius 1 is 1.55 bits per heavy atom. The van der Waals surface area contributed by atoms with Crippen LogP contribution in [0, 0.1) is 0 Å². The summed E-state index contributed by atoms with van der Waals surface area (Å²) < 4.78 is 4.92. The van der Waals surface area contributed by atoms with Gasteiger partial charge >= 0.3 is 0 Å². The lowest BCUT2D eigenvalue weighted by Gasteiger charge is -1.89. The van der Waals surface area contributed by atoms with Crippen molar-refractivity contribution in [2.75, 3.05) is 5.73 Å². The van der Waals surface area contributed by atoms with E-state index < -0.39 is 0 Å². The van der Waals surface area contributed by atoms with Crippen molar-refractivity contribution in [3.63, 3.8) is 0 Å². The van der Waals surface area contributed by atoms with Crippen LogP contribution < -0.4 is 5.73 Å². The van der Waals surface area contributed by atoms with Crippen molar-refractivity contribution >= 4 is 17.2 Å². The fourth-order valence-corrected chi connectivity index (χ4v) is 1.56. The molecule has 4 heteroatoms. The zero-order valence-electron chi connectivity index (χ0n) is 5.65. The highest BCUT2D eigenvalue weighted by Gasteiger charge is 2.05. The van der Waals surface area contributed by atoms with Gasteiger partial charge in [0.15, 0.2) is 0 Å². The molecular formula is C7H6N2OS. The first-order valence-corrected chi connectivity index (χ1v) is 3.97. The van der Waals surface area contributed by atoms with Gasteiger partial charge in [0.2, 0.25) is 0 Å². The molecule has 0 amide bonds. The molecule has 2 heterocycles. The standard InChI is InChI=1S/C7H6N2OS/c8-7-6(11-4-9-7)5-1-2-10-3-5/h1-4H,8H2. The third-order valence-electron chi connectivity index (χ3n) is 1.38. The summed E-state index contributed by atoms with van der Waals surface area (Å²) in [6.45, 7) is 0. The normalized spacial score (nSPS) is 10.2. The van der Waals surface area contributed by atoms with Gasteiger partial charge in [0, 0.05) is 5.56 Å². The maximum atomic E-state index is 5.59. The average molecular weight is 166 g/mol. The lowest BCUT2D eigenvalue weighted by molar-refractivity contribution is 0.568. The number of furan rings is 1. The molecule has 11 heavy (non-hydrogen) atoms. The number of aromatic nitrogens is 1. The van der Waals surface area contributed by atoms with E-state index in [4.69, 9.17) is 10.2 Å². The smallest absolute Gasteiger partial charge is 0.142 e. The molecule has 0 atom stereocenters. The maximum absolute atomic E-state index is 5.59. The number of nitrogens with two attached hydrogens (primary N) is 1. The van der Waals surface area contributed by atoms with Crippen LogP contribution in [0.4, 0.5) is 5.82 Å². The molecular weight excluding hydrogens is 160 g/mol. The lowest BCUT2D eigenvalue weighted by atomic mass is 10.3. The number of anilines is 1. The second-order valence-corrected chi connectivity index (χ2v) is 2.93. The molecule has 0 spiro atoms. The van der Waals surface area contributed by atoms with Gasteiger partial charge in [-0.2, -0.15) is 0 Å². The number of rotatable bonds is 1. The van der Waals surface area contributed by atoms with Crippen LogP contribution in [0.3, 0.4) is 0 Å². The van der Waals surface area contributed by atoms with Crippen molar-refractivity contribution < 1.29 is 4.42 Å². The molecule has 0 aliphatic rings. The summed E-state index contributed by atoms with van der Waals surface area (Å²) in [7, 11) is 0. The Morgan fingerprint density at radius 3 is 3.00 bits per heavy atom. The molecule has 0 fully saturated rings. The zero-order valence-corrected chi connectivity index (χ0v) is 6.47. The molecule has 56 valence electrons. The molecule has 2 aromatic heterocycles. The molecule has 2 aromatic rings. The summed E-state index contributed by atoms with van der Waals surface area (Å²) in [6, 6.07) is 1.86. The Labute approximate surface area is 67.5 Å². The van der Waals surface area contributed by atoms with Gasteiger partial charge in [-0.15, -0.1) is 11.3 Å². The van der Waals surface area contributed by atoms with E-state index in [-0.39, 0.29) is 0 Å². The van der Waals surface area contributed by atoms with Crippen LogP contribution >= 0.6 is 11.3 Å². The number of nitrogen functional groups attached to an aromatic ring is 1. The average Bonchev–Trinajstić information content (AvgIpc) is 2.55. The molecule has 0 bridgehead atoms. The molecule has 3 nitrogen and oxygen atoms in total. The van der Waals surface area contributed by atoms with E-state index in [0.717, 1.165) is 10.4 Å². The minimum Gasteiger partial charge on any atom is -0.472 e.